The van der Waals surface area contributed by atoms with Crippen LogP contribution in [0.4, 0.5) is 0 Å². The van der Waals surface area contributed by atoms with Crippen molar-refractivity contribution in [2.45, 2.75) is 32.1 Å². The van der Waals surface area contributed by atoms with Gasteiger partial charge in [0.05, 0.1) is 5.75 Å². The van der Waals surface area contributed by atoms with E-state index in [1.807, 2.05) is 0 Å². The first-order valence-corrected chi connectivity index (χ1v) is 8.58. The van der Waals surface area contributed by atoms with Gasteiger partial charge in [-0.15, -0.1) is 11.6 Å². The molecule has 0 aromatic rings. The summed E-state index contributed by atoms with van der Waals surface area (Å²) in [6.07, 6.45) is 5.59. The van der Waals surface area contributed by atoms with E-state index in [-0.39, 0.29) is 5.75 Å². The Hall–Kier alpha value is 0.160. The third-order valence-corrected chi connectivity index (χ3v) is 4.73. The van der Waals surface area contributed by atoms with Gasteiger partial charge >= 0.3 is 0 Å². The van der Waals surface area contributed by atoms with E-state index in [9.17, 15) is 8.42 Å². The Kier molecular flexibility index (Phi) is 7.43. The Morgan fingerprint density at radius 1 is 1.12 bits per heavy atom. The summed E-state index contributed by atoms with van der Waals surface area (Å²) >= 11 is 5.48. The molecule has 0 atom stereocenters. The van der Waals surface area contributed by atoms with E-state index in [4.69, 9.17) is 11.6 Å². The maximum absolute atomic E-state index is 11.5. The van der Waals surface area contributed by atoms with E-state index >= 15 is 0 Å². The summed E-state index contributed by atoms with van der Waals surface area (Å²) in [6.45, 7) is 3.54. The molecule has 4 nitrogen and oxygen atoms in total. The molecule has 17 heavy (non-hydrogen) atoms. The lowest BCUT2D eigenvalue weighted by atomic mass is 10.2. The second-order valence-corrected chi connectivity index (χ2v) is 6.82. The molecule has 1 saturated heterocycles. The molecule has 1 heterocycles. The first-order chi connectivity index (χ1) is 8.14. The molecule has 0 aromatic heterocycles. The van der Waals surface area contributed by atoms with Gasteiger partial charge in [0.25, 0.3) is 0 Å². The van der Waals surface area contributed by atoms with Crippen LogP contribution in [0.2, 0.25) is 0 Å². The van der Waals surface area contributed by atoms with Gasteiger partial charge in [0, 0.05) is 19.0 Å². The predicted octanol–water partition coefficient (Wildman–Crippen LogP) is 1.41. The molecule has 0 aromatic carbocycles. The summed E-state index contributed by atoms with van der Waals surface area (Å²) in [5.74, 6) is 0.531. The lowest BCUT2D eigenvalue weighted by Gasteiger charge is -2.19. The van der Waals surface area contributed by atoms with Crippen molar-refractivity contribution in [2.24, 2.45) is 0 Å². The molecule has 1 aliphatic rings. The van der Waals surface area contributed by atoms with Crippen molar-refractivity contribution in [3.63, 3.8) is 0 Å². The summed E-state index contributed by atoms with van der Waals surface area (Å²) in [5.41, 5.74) is 0. The maximum Gasteiger partial charge on any atom is 0.211 e. The summed E-state index contributed by atoms with van der Waals surface area (Å²) in [5, 5.41) is 0. The zero-order valence-corrected chi connectivity index (χ0v) is 11.9. The summed E-state index contributed by atoms with van der Waals surface area (Å²) in [7, 11) is -3.11. The number of nitrogens with zero attached hydrogens (tertiary/aromatic N) is 1. The number of nitrogens with one attached hydrogen (secondary N) is 1. The largest absolute Gasteiger partial charge is 0.302 e. The van der Waals surface area contributed by atoms with Gasteiger partial charge < -0.3 is 4.90 Å². The zero-order valence-electron chi connectivity index (χ0n) is 10.3. The average molecular weight is 283 g/mol. The molecule has 0 spiro atoms. The van der Waals surface area contributed by atoms with Gasteiger partial charge in [0.1, 0.15) is 0 Å². The van der Waals surface area contributed by atoms with Crippen LogP contribution in [0.1, 0.15) is 32.1 Å². The smallest absolute Gasteiger partial charge is 0.211 e. The molecule has 0 saturated carbocycles. The van der Waals surface area contributed by atoms with E-state index in [0.717, 1.165) is 19.6 Å². The van der Waals surface area contributed by atoms with E-state index in [1.54, 1.807) is 0 Å². The van der Waals surface area contributed by atoms with Crippen LogP contribution in [0.5, 0.6) is 0 Å². The highest BCUT2D eigenvalue weighted by Crippen LogP contribution is 2.08. The number of hydrogen-bond donors (Lipinski definition) is 1. The number of rotatable bonds is 7. The van der Waals surface area contributed by atoms with Crippen molar-refractivity contribution in [3.05, 3.63) is 0 Å². The van der Waals surface area contributed by atoms with E-state index in [2.05, 4.69) is 9.62 Å². The fraction of sp³-hybridized carbons (Fsp3) is 1.00. The summed E-state index contributed by atoms with van der Waals surface area (Å²) in [6, 6.07) is 0. The van der Waals surface area contributed by atoms with E-state index in [0.29, 0.717) is 18.8 Å². The molecule has 102 valence electrons. The molecule has 0 unspecified atom stereocenters. The second-order valence-electron chi connectivity index (χ2n) is 4.51. The highest BCUT2D eigenvalue weighted by atomic mass is 35.5. The molecule has 1 rings (SSSR count). The number of hydrogen-bond acceptors (Lipinski definition) is 3. The highest BCUT2D eigenvalue weighted by Gasteiger charge is 2.11. The fourth-order valence-corrected chi connectivity index (χ4v) is 3.40. The Balaban J connectivity index is 2.17. The molecule has 0 aliphatic carbocycles. The van der Waals surface area contributed by atoms with Gasteiger partial charge in [-0.1, -0.05) is 12.8 Å². The lowest BCUT2D eigenvalue weighted by Crippen LogP contribution is -2.36. The van der Waals surface area contributed by atoms with Crippen molar-refractivity contribution < 1.29 is 8.42 Å². The maximum atomic E-state index is 11.5. The number of alkyl halides is 1. The van der Waals surface area contributed by atoms with Crippen molar-refractivity contribution in [1.82, 2.24) is 9.62 Å². The van der Waals surface area contributed by atoms with Crippen LogP contribution in [0.15, 0.2) is 0 Å². The lowest BCUT2D eigenvalue weighted by molar-refractivity contribution is 0.290. The van der Waals surface area contributed by atoms with Crippen LogP contribution in [0.25, 0.3) is 0 Å². The van der Waals surface area contributed by atoms with Gasteiger partial charge in [-0.3, -0.25) is 0 Å². The second kappa shape index (κ2) is 8.29. The van der Waals surface area contributed by atoms with E-state index in [1.165, 1.54) is 25.7 Å². The third kappa shape index (κ3) is 7.24. The van der Waals surface area contributed by atoms with Crippen LogP contribution in [0, 0.1) is 0 Å². The fourth-order valence-electron chi connectivity index (χ4n) is 2.04. The quantitative estimate of drug-likeness (QED) is 0.719. The van der Waals surface area contributed by atoms with Crippen LogP contribution in [0.3, 0.4) is 0 Å². The number of likely N-dealkylation sites (tertiary alicyclic amines) is 1. The Morgan fingerprint density at radius 3 is 2.35 bits per heavy atom. The standard InChI is InChI=1S/C11H23ClN2O2S/c12-6-5-11-17(15,16)13-7-10-14-8-3-1-2-4-9-14/h13H,1-11H2. The minimum absolute atomic E-state index is 0.135. The molecule has 0 radical (unpaired) electrons. The first kappa shape index (κ1) is 15.2. The molecule has 6 heteroatoms. The normalized spacial score (nSPS) is 19.1. The predicted molar refractivity (Wildman–Crippen MR) is 72.0 cm³/mol. The Labute approximate surface area is 110 Å². The molecule has 0 amide bonds. The molecule has 0 bridgehead atoms. The van der Waals surface area contributed by atoms with Crippen molar-refractivity contribution >= 4 is 21.6 Å². The van der Waals surface area contributed by atoms with Crippen molar-refractivity contribution in [3.8, 4) is 0 Å². The molecule has 1 aliphatic heterocycles. The van der Waals surface area contributed by atoms with Crippen molar-refractivity contribution in [2.75, 3.05) is 37.8 Å². The zero-order chi connectivity index (χ0) is 12.6. The van der Waals surface area contributed by atoms with Crippen LogP contribution >= 0.6 is 11.6 Å². The number of halogens is 1. The van der Waals surface area contributed by atoms with Gasteiger partial charge in [0.2, 0.25) is 10.0 Å². The van der Waals surface area contributed by atoms with Crippen LogP contribution in [-0.4, -0.2) is 51.1 Å². The van der Waals surface area contributed by atoms with E-state index < -0.39 is 10.0 Å². The molecular formula is C11H23ClN2O2S. The van der Waals surface area contributed by atoms with Gasteiger partial charge in [-0.2, -0.15) is 0 Å². The first-order valence-electron chi connectivity index (χ1n) is 6.40. The minimum atomic E-state index is -3.11. The summed E-state index contributed by atoms with van der Waals surface area (Å²) < 4.78 is 25.7. The van der Waals surface area contributed by atoms with Crippen LogP contribution < -0.4 is 4.72 Å². The topological polar surface area (TPSA) is 49.4 Å². The van der Waals surface area contributed by atoms with Gasteiger partial charge in [0.15, 0.2) is 0 Å². The number of sulfonamides is 1. The average Bonchev–Trinajstić information content (AvgIpc) is 2.55. The third-order valence-electron chi connectivity index (χ3n) is 3.00. The SMILES string of the molecule is O=S(=O)(CCCCl)NCCN1CCCCCC1. The van der Waals surface area contributed by atoms with Gasteiger partial charge in [-0.05, 0) is 32.4 Å². The molecule has 1 fully saturated rings. The summed E-state index contributed by atoms with van der Waals surface area (Å²) in [4.78, 5) is 2.34. The van der Waals surface area contributed by atoms with Crippen molar-refractivity contribution in [1.29, 1.82) is 0 Å². The Morgan fingerprint density at radius 2 is 1.76 bits per heavy atom. The van der Waals surface area contributed by atoms with Crippen LogP contribution in [-0.2, 0) is 10.0 Å². The Bertz CT molecular complexity index is 288. The minimum Gasteiger partial charge on any atom is -0.302 e. The molecule has 1 N–H and O–H groups in total. The monoisotopic (exact) mass is 282 g/mol. The highest BCUT2D eigenvalue weighted by molar-refractivity contribution is 7.89. The molecular weight excluding hydrogens is 260 g/mol. The van der Waals surface area contributed by atoms with Gasteiger partial charge in [-0.25, -0.2) is 13.1 Å².